The van der Waals surface area contributed by atoms with E-state index in [1.165, 1.54) is 16.7 Å². The molecule has 2 aliphatic carbocycles. The minimum atomic E-state index is -3.10. The van der Waals surface area contributed by atoms with Crippen LogP contribution in [0.25, 0.3) is 11.6 Å². The molecule has 27 heavy (non-hydrogen) atoms. The van der Waals surface area contributed by atoms with Crippen molar-refractivity contribution in [1.29, 1.82) is 0 Å². The number of benzene rings is 2. The first-order valence-electron chi connectivity index (χ1n) is 9.16. The van der Waals surface area contributed by atoms with Gasteiger partial charge in [0.1, 0.15) is 0 Å². The quantitative estimate of drug-likeness (QED) is 0.417. The third-order valence-corrected chi connectivity index (χ3v) is 23.7. The van der Waals surface area contributed by atoms with Gasteiger partial charge in [0.2, 0.25) is 0 Å². The zero-order chi connectivity index (χ0) is 17.7. The molecule has 2 aliphatic rings. The largest absolute Gasteiger partial charge is 0.147 e. The average Bonchev–Trinajstić information content (AvgIpc) is 3.20. The second-order valence-electron chi connectivity index (χ2n) is 8.66. The molecule has 0 N–H and O–H groups in total. The van der Waals surface area contributed by atoms with Gasteiger partial charge in [-0.15, -0.1) is 24.8 Å². The van der Waals surface area contributed by atoms with Gasteiger partial charge >= 0.3 is 154 Å². The summed E-state index contributed by atoms with van der Waals surface area (Å²) >= 11 is -3.10. The van der Waals surface area contributed by atoms with E-state index in [0.29, 0.717) is 3.63 Å². The van der Waals surface area contributed by atoms with Gasteiger partial charge in [0.15, 0.2) is 0 Å². The van der Waals surface area contributed by atoms with E-state index in [1.807, 2.05) is 0 Å². The Balaban J connectivity index is 0.00000131. The van der Waals surface area contributed by atoms with E-state index in [9.17, 15) is 0 Å². The summed E-state index contributed by atoms with van der Waals surface area (Å²) in [4.78, 5) is 0. The van der Waals surface area contributed by atoms with Crippen molar-refractivity contribution in [3.63, 3.8) is 0 Å². The zero-order valence-electron chi connectivity index (χ0n) is 16.2. The molecule has 0 fully saturated rings. The van der Waals surface area contributed by atoms with Gasteiger partial charge in [-0.1, -0.05) is 0 Å². The molecule has 0 radical (unpaired) electrons. The van der Waals surface area contributed by atoms with E-state index < -0.39 is 17.4 Å². The summed E-state index contributed by atoms with van der Waals surface area (Å²) in [5.41, 5.74) is 7.35. The Hall–Kier alpha value is -0.660. The molecule has 0 saturated heterocycles. The van der Waals surface area contributed by atoms with E-state index in [1.54, 1.807) is 14.4 Å². The first-order chi connectivity index (χ1) is 11.9. The molecule has 1 unspecified atom stereocenters. The van der Waals surface area contributed by atoms with Gasteiger partial charge in [-0.25, -0.2) is 0 Å². The minimum Gasteiger partial charge on any atom is -0.147 e. The van der Waals surface area contributed by atoms with Crippen LogP contribution < -0.4 is 0 Å². The van der Waals surface area contributed by atoms with Crippen LogP contribution in [-0.2, 0) is 17.4 Å². The second kappa shape index (κ2) is 7.99. The molecule has 2 aromatic rings. The van der Waals surface area contributed by atoms with Gasteiger partial charge in [0, 0.05) is 0 Å². The summed E-state index contributed by atoms with van der Waals surface area (Å²) < 4.78 is 7.69. The van der Waals surface area contributed by atoms with E-state index in [0.717, 1.165) is 6.42 Å². The van der Waals surface area contributed by atoms with Gasteiger partial charge in [-0.05, 0) is 0 Å². The van der Waals surface area contributed by atoms with E-state index in [2.05, 4.69) is 95.9 Å². The predicted molar refractivity (Wildman–Crippen MR) is 125 cm³/mol. The van der Waals surface area contributed by atoms with Crippen molar-refractivity contribution >= 4 is 43.3 Å². The maximum atomic E-state index is 2.65. The summed E-state index contributed by atoms with van der Waals surface area (Å²) in [5, 5.41) is 0. The Morgan fingerprint density at radius 2 is 1.52 bits per heavy atom. The van der Waals surface area contributed by atoms with Gasteiger partial charge in [-0.3, -0.25) is 0 Å². The number of rotatable bonds is 3. The molecule has 0 spiro atoms. The summed E-state index contributed by atoms with van der Waals surface area (Å²) in [7, 11) is 0. The number of allylic oxidation sites excluding steroid dienone is 5. The van der Waals surface area contributed by atoms with Crippen molar-refractivity contribution in [3.05, 3.63) is 92.3 Å². The third-order valence-electron chi connectivity index (χ3n) is 6.10. The van der Waals surface area contributed by atoms with Crippen LogP contribution in [0.1, 0.15) is 33.7 Å². The molecule has 1 atom stereocenters. The van der Waals surface area contributed by atoms with Crippen LogP contribution >= 0.6 is 24.8 Å². The van der Waals surface area contributed by atoms with Gasteiger partial charge in [-0.2, -0.15) is 0 Å². The molecule has 142 valence electrons. The van der Waals surface area contributed by atoms with Gasteiger partial charge in [0.05, 0.1) is 0 Å². The molecule has 0 aliphatic heterocycles. The first kappa shape index (κ1) is 22.6. The molecule has 0 amide bonds. The second-order valence-corrected chi connectivity index (χ2v) is 38.3. The molecule has 2 aromatic carbocycles. The number of hydrogen-bond donors (Lipinski definition) is 0. The number of fused-ring (bicyclic) bond motifs is 1. The monoisotopic (exact) mass is 492 g/mol. The normalized spacial score (nSPS) is 18.5. The van der Waals surface area contributed by atoms with Crippen molar-refractivity contribution < 1.29 is 17.4 Å². The average molecular weight is 495 g/mol. The molecule has 0 bridgehead atoms. The van der Waals surface area contributed by atoms with Crippen molar-refractivity contribution in [2.24, 2.45) is 0 Å². The van der Waals surface area contributed by atoms with Crippen LogP contribution in [0.5, 0.6) is 0 Å². The Bertz CT molecular complexity index is 1010. The molecular formula is C23H28Cl2SiZr. The van der Waals surface area contributed by atoms with Gasteiger partial charge in [0.25, 0.3) is 0 Å². The zero-order valence-corrected chi connectivity index (χ0v) is 21.7. The molecule has 4 rings (SSSR count). The van der Waals surface area contributed by atoms with E-state index in [4.69, 9.17) is 0 Å². The van der Waals surface area contributed by atoms with Crippen molar-refractivity contribution in [2.45, 2.75) is 26.2 Å². The van der Waals surface area contributed by atoms with Crippen LogP contribution in [0.3, 0.4) is 0 Å². The number of hydrogen-bond acceptors (Lipinski definition) is 0. The summed E-state index contributed by atoms with van der Waals surface area (Å²) in [6.45, 7) is 4.72. The maximum absolute atomic E-state index is 3.10. The minimum absolute atomic E-state index is 0. The molecule has 4 heteroatoms. The van der Waals surface area contributed by atoms with Crippen LogP contribution in [0.2, 0.25) is 9.26 Å². The van der Waals surface area contributed by atoms with E-state index >= 15 is 0 Å². The first-order valence-corrected chi connectivity index (χ1v) is 22.6. The molecule has 0 heterocycles. The molecule has 0 saturated carbocycles. The third kappa shape index (κ3) is 3.92. The molecule has 0 nitrogen and oxygen atoms in total. The van der Waals surface area contributed by atoms with Crippen LogP contribution in [0.4, 0.5) is 0 Å². The Morgan fingerprint density at radius 1 is 0.889 bits per heavy atom. The van der Waals surface area contributed by atoms with Crippen molar-refractivity contribution in [1.82, 2.24) is 0 Å². The maximum Gasteiger partial charge on any atom is -0.147 e. The van der Waals surface area contributed by atoms with Gasteiger partial charge < -0.3 is 0 Å². The standard InChI is InChI=1S/C11H9.C10H9.2CH3.2ClH.H2Si.Zr/c1-2-6-10(7-3-1)11-8-4-5-9-11;1-8-6-9-4-2-3-5-10(9)7-8;;;;;;/h1-3,6-9H,4H2;2-7H,1H3;2*1H3;2*1H;1H2;. The Labute approximate surface area is 178 Å². The van der Waals surface area contributed by atoms with Crippen molar-refractivity contribution in [2.75, 3.05) is 0 Å². The summed E-state index contributed by atoms with van der Waals surface area (Å²) in [5.74, 6) is 0. The smallest absolute Gasteiger partial charge is 0.147 e. The van der Waals surface area contributed by atoms with E-state index in [-0.39, 0.29) is 24.8 Å². The molecule has 0 aromatic heterocycles. The van der Waals surface area contributed by atoms with Crippen LogP contribution in [0.15, 0.2) is 75.6 Å². The predicted octanol–water partition coefficient (Wildman–Crippen LogP) is 6.69. The fraction of sp³-hybridized carbons (Fsp3) is 0.217. The summed E-state index contributed by atoms with van der Waals surface area (Å²) in [6, 6.07) is 19.9. The topological polar surface area (TPSA) is 0 Å². The fourth-order valence-corrected chi connectivity index (χ4v) is 20.7. The van der Waals surface area contributed by atoms with Crippen LogP contribution in [0, 0.1) is 0 Å². The summed E-state index contributed by atoms with van der Waals surface area (Å²) in [6.07, 6.45) is 8.54. The SMILES string of the molecule is CC1=Cc2ccccc2[CH]1[Zr]([CH3])([CH3])(=[SiH2])[C]1=CC(c2ccccc2)=CC1.Cl.Cl. The van der Waals surface area contributed by atoms with Crippen LogP contribution in [-0.4, -0.2) is 6.88 Å². The van der Waals surface area contributed by atoms with Crippen molar-refractivity contribution in [3.8, 4) is 0 Å². The Morgan fingerprint density at radius 3 is 2.22 bits per heavy atom. The fourth-order valence-electron chi connectivity index (χ4n) is 4.82. The molecular weight excluding hydrogens is 466 g/mol. The number of halogens is 2. The Kier molecular flexibility index (Phi) is 6.70.